The first kappa shape index (κ1) is 17.4. The van der Waals surface area contributed by atoms with Gasteiger partial charge < -0.3 is 13.6 Å². The standard InChI is InChI=1S/C6H15O3P.C5H11OP/c1-5(2)8-10(7)9-6(3)4;1-7(6)4-2-3-5-7/h5-6,10H,1-4H3;2-5H2,1H3. The van der Waals surface area contributed by atoms with Crippen molar-refractivity contribution in [2.45, 2.75) is 52.7 Å². The largest absolute Gasteiger partial charge is 0.324 e. The minimum atomic E-state index is -2.24. The van der Waals surface area contributed by atoms with Gasteiger partial charge in [-0.3, -0.25) is 4.57 Å². The minimum Gasteiger partial charge on any atom is -0.324 e. The first-order chi connectivity index (χ1) is 7.73. The zero-order valence-corrected chi connectivity index (χ0v) is 13.5. The summed E-state index contributed by atoms with van der Waals surface area (Å²) in [4.78, 5) is 0. The Morgan fingerprint density at radius 3 is 1.53 bits per heavy atom. The molecule has 1 heterocycles. The van der Waals surface area contributed by atoms with Crippen LogP contribution in [0.4, 0.5) is 0 Å². The van der Waals surface area contributed by atoms with Crippen molar-refractivity contribution in [2.75, 3.05) is 19.0 Å². The molecule has 0 aliphatic carbocycles. The van der Waals surface area contributed by atoms with Crippen LogP contribution in [0, 0.1) is 0 Å². The number of rotatable bonds is 4. The van der Waals surface area contributed by atoms with Crippen molar-refractivity contribution < 1.29 is 18.2 Å². The Bertz CT molecular complexity index is 255. The van der Waals surface area contributed by atoms with Gasteiger partial charge in [0.15, 0.2) is 0 Å². The van der Waals surface area contributed by atoms with Crippen LogP contribution in [-0.4, -0.2) is 31.2 Å². The van der Waals surface area contributed by atoms with Gasteiger partial charge in [0.05, 0.1) is 19.3 Å². The van der Waals surface area contributed by atoms with Crippen LogP contribution in [0.5, 0.6) is 0 Å². The highest BCUT2D eigenvalue weighted by Crippen LogP contribution is 2.47. The van der Waals surface area contributed by atoms with E-state index in [0.717, 1.165) is 12.3 Å². The molecule has 4 nitrogen and oxygen atoms in total. The molecule has 0 unspecified atom stereocenters. The summed E-state index contributed by atoms with van der Waals surface area (Å²) in [6.45, 7) is 9.22. The maximum absolute atomic E-state index is 11.0. The molecular weight excluding hydrogens is 258 g/mol. The predicted octanol–water partition coefficient (Wildman–Crippen LogP) is 4.00. The van der Waals surface area contributed by atoms with Crippen molar-refractivity contribution in [3.63, 3.8) is 0 Å². The van der Waals surface area contributed by atoms with Crippen LogP contribution in [0.2, 0.25) is 0 Å². The van der Waals surface area contributed by atoms with Gasteiger partial charge >= 0.3 is 8.25 Å². The lowest BCUT2D eigenvalue weighted by atomic mass is 10.4. The molecule has 0 aromatic carbocycles. The lowest BCUT2D eigenvalue weighted by Crippen LogP contribution is -2.00. The van der Waals surface area contributed by atoms with E-state index in [1.54, 1.807) is 0 Å². The fraction of sp³-hybridized carbons (Fsp3) is 1.00. The monoisotopic (exact) mass is 284 g/mol. The first-order valence-electron chi connectivity index (χ1n) is 6.16. The van der Waals surface area contributed by atoms with Crippen molar-refractivity contribution >= 4 is 15.4 Å². The summed E-state index contributed by atoms with van der Waals surface area (Å²) in [6.07, 6.45) is 4.37. The molecule has 1 fully saturated rings. The molecule has 1 aliphatic rings. The van der Waals surface area contributed by atoms with Gasteiger partial charge in [-0.05, 0) is 47.2 Å². The van der Waals surface area contributed by atoms with E-state index >= 15 is 0 Å². The lowest BCUT2D eigenvalue weighted by molar-refractivity contribution is 0.161. The lowest BCUT2D eigenvalue weighted by Gasteiger charge is -2.09. The van der Waals surface area contributed by atoms with Crippen LogP contribution in [0.15, 0.2) is 0 Å². The molecule has 0 aromatic rings. The third-order valence-corrected chi connectivity index (χ3v) is 6.03. The molecule has 1 rings (SSSR count). The Morgan fingerprint density at radius 1 is 1.00 bits per heavy atom. The molecule has 0 saturated carbocycles. The Labute approximate surface area is 106 Å². The Balaban J connectivity index is 0.000000318. The Hall–Kier alpha value is 0.380. The fourth-order valence-electron chi connectivity index (χ4n) is 1.42. The highest BCUT2D eigenvalue weighted by Gasteiger charge is 2.19. The number of hydrogen-bond donors (Lipinski definition) is 0. The third-order valence-electron chi connectivity index (χ3n) is 2.18. The smallest absolute Gasteiger partial charge is 0.319 e. The second-order valence-corrected chi connectivity index (χ2v) is 9.49. The van der Waals surface area contributed by atoms with Gasteiger partial charge in [-0.15, -0.1) is 0 Å². The van der Waals surface area contributed by atoms with Gasteiger partial charge in [-0.2, -0.15) is 0 Å². The zero-order valence-electron chi connectivity index (χ0n) is 11.6. The average Bonchev–Trinajstić information content (AvgIpc) is 2.47. The minimum absolute atomic E-state index is 0.0230. The van der Waals surface area contributed by atoms with Crippen molar-refractivity contribution in [3.05, 3.63) is 0 Å². The molecule has 17 heavy (non-hydrogen) atoms. The molecule has 1 saturated heterocycles. The topological polar surface area (TPSA) is 52.6 Å². The highest BCUT2D eigenvalue weighted by molar-refractivity contribution is 7.63. The van der Waals surface area contributed by atoms with Crippen LogP contribution in [0.1, 0.15) is 40.5 Å². The summed E-state index contributed by atoms with van der Waals surface area (Å²) in [7, 11) is -3.78. The van der Waals surface area contributed by atoms with Gasteiger partial charge in [0.1, 0.15) is 0 Å². The zero-order chi connectivity index (χ0) is 13.5. The Morgan fingerprint density at radius 2 is 1.35 bits per heavy atom. The molecule has 1 aliphatic heterocycles. The van der Waals surface area contributed by atoms with Gasteiger partial charge in [0, 0.05) is 12.3 Å². The number of hydrogen-bond acceptors (Lipinski definition) is 4. The molecule has 0 N–H and O–H groups in total. The normalized spacial score (nSPS) is 18.6. The molecule has 0 atom stereocenters. The predicted molar refractivity (Wildman–Crippen MR) is 73.9 cm³/mol. The van der Waals surface area contributed by atoms with Crippen LogP contribution >= 0.6 is 15.4 Å². The SMILES string of the molecule is CC(C)O[PH](=O)OC(C)C.CP1(=O)CCCC1. The van der Waals surface area contributed by atoms with Gasteiger partial charge in [0.25, 0.3) is 0 Å². The third kappa shape index (κ3) is 11.2. The van der Waals surface area contributed by atoms with E-state index in [9.17, 15) is 9.13 Å². The Kier molecular flexibility index (Phi) is 8.67. The fourth-order valence-corrected chi connectivity index (χ4v) is 4.25. The summed E-state index contributed by atoms with van der Waals surface area (Å²) in [5.74, 6) is 0. The van der Waals surface area contributed by atoms with E-state index < -0.39 is 15.4 Å². The van der Waals surface area contributed by atoms with Crippen LogP contribution in [0.3, 0.4) is 0 Å². The van der Waals surface area contributed by atoms with Crippen LogP contribution in [0.25, 0.3) is 0 Å². The van der Waals surface area contributed by atoms with E-state index in [4.69, 9.17) is 9.05 Å². The molecule has 104 valence electrons. The second-order valence-electron chi connectivity index (χ2n) is 5.03. The average molecular weight is 284 g/mol. The van der Waals surface area contributed by atoms with E-state index in [0.29, 0.717) is 0 Å². The maximum Gasteiger partial charge on any atom is 0.319 e. The summed E-state index contributed by atoms with van der Waals surface area (Å²) in [6, 6.07) is 0. The van der Waals surface area contributed by atoms with Crippen molar-refractivity contribution in [3.8, 4) is 0 Å². The maximum atomic E-state index is 11.0. The molecule has 0 aromatic heterocycles. The quantitative estimate of drug-likeness (QED) is 0.732. The highest BCUT2D eigenvalue weighted by atomic mass is 31.2. The summed E-state index contributed by atoms with van der Waals surface area (Å²) in [5, 5.41) is 0. The molecular formula is C11H26O4P2. The van der Waals surface area contributed by atoms with Crippen molar-refractivity contribution in [1.29, 1.82) is 0 Å². The van der Waals surface area contributed by atoms with Gasteiger partial charge in [-0.25, -0.2) is 0 Å². The summed E-state index contributed by atoms with van der Waals surface area (Å²) in [5.41, 5.74) is 0. The van der Waals surface area contributed by atoms with Crippen molar-refractivity contribution in [1.82, 2.24) is 0 Å². The second kappa shape index (κ2) is 8.48. The molecule has 0 bridgehead atoms. The molecule has 0 amide bonds. The van der Waals surface area contributed by atoms with Crippen LogP contribution in [-0.2, 0) is 18.2 Å². The molecule has 0 spiro atoms. The van der Waals surface area contributed by atoms with E-state index in [2.05, 4.69) is 0 Å². The van der Waals surface area contributed by atoms with Crippen LogP contribution < -0.4 is 0 Å². The molecule has 6 heteroatoms. The summed E-state index contributed by atoms with van der Waals surface area (Å²) < 4.78 is 31.6. The summed E-state index contributed by atoms with van der Waals surface area (Å²) >= 11 is 0. The van der Waals surface area contributed by atoms with Gasteiger partial charge in [-0.1, -0.05) is 0 Å². The van der Waals surface area contributed by atoms with E-state index in [-0.39, 0.29) is 12.2 Å². The van der Waals surface area contributed by atoms with E-state index in [1.165, 1.54) is 12.8 Å². The first-order valence-corrected chi connectivity index (χ1v) is 9.90. The van der Waals surface area contributed by atoms with Crippen molar-refractivity contribution in [2.24, 2.45) is 0 Å². The van der Waals surface area contributed by atoms with E-state index in [1.807, 2.05) is 34.4 Å². The molecule has 0 radical (unpaired) electrons. The van der Waals surface area contributed by atoms with Gasteiger partial charge in [0.2, 0.25) is 0 Å².